The number of aromatic nitrogens is 1. The van der Waals surface area contributed by atoms with Crippen molar-refractivity contribution in [3.05, 3.63) is 33.1 Å². The molecule has 2 N–H and O–H groups in total. The van der Waals surface area contributed by atoms with E-state index in [9.17, 15) is 14.9 Å². The minimum Gasteiger partial charge on any atom is -0.396 e. The molecular formula is C11H14ClN3O4. The van der Waals surface area contributed by atoms with Crippen LogP contribution in [-0.4, -0.2) is 33.6 Å². The molecule has 1 aromatic heterocycles. The molecule has 7 nitrogen and oxygen atoms in total. The molecule has 0 fully saturated rings. The Morgan fingerprint density at radius 2 is 2.37 bits per heavy atom. The third-order valence-electron chi connectivity index (χ3n) is 2.61. The van der Waals surface area contributed by atoms with E-state index in [1.807, 2.05) is 6.92 Å². The minimum absolute atomic E-state index is 0.0714. The van der Waals surface area contributed by atoms with Crippen LogP contribution >= 0.6 is 11.6 Å². The minimum atomic E-state index is -0.739. The maximum absolute atomic E-state index is 12.0. The Hall–Kier alpha value is -1.73. The number of carbonyl (C=O) groups is 1. The lowest BCUT2D eigenvalue weighted by Crippen LogP contribution is -2.35. The van der Waals surface area contributed by atoms with Gasteiger partial charge in [0.2, 0.25) is 5.15 Å². The SMILES string of the molecule is CCC(CCO)NC(=O)c1ccnc(Cl)c1[N+](=O)[O-]. The molecule has 0 aliphatic carbocycles. The third kappa shape index (κ3) is 3.87. The van der Waals surface area contributed by atoms with Gasteiger partial charge in [-0.3, -0.25) is 14.9 Å². The summed E-state index contributed by atoms with van der Waals surface area (Å²) in [5.41, 5.74) is -0.651. The number of pyridine rings is 1. The summed E-state index contributed by atoms with van der Waals surface area (Å²) in [6.45, 7) is 1.77. The van der Waals surface area contributed by atoms with Crippen LogP contribution in [0.15, 0.2) is 12.3 Å². The van der Waals surface area contributed by atoms with E-state index in [1.54, 1.807) is 0 Å². The van der Waals surface area contributed by atoms with Crippen LogP contribution in [0, 0.1) is 10.1 Å². The van der Waals surface area contributed by atoms with Crippen LogP contribution in [0.3, 0.4) is 0 Å². The highest BCUT2D eigenvalue weighted by Crippen LogP contribution is 2.25. The van der Waals surface area contributed by atoms with Crippen LogP contribution in [0.1, 0.15) is 30.1 Å². The predicted octanol–water partition coefficient (Wildman–Crippen LogP) is 1.53. The van der Waals surface area contributed by atoms with Crippen LogP contribution in [0.2, 0.25) is 5.15 Å². The van der Waals surface area contributed by atoms with E-state index in [-0.39, 0.29) is 23.4 Å². The van der Waals surface area contributed by atoms with Crippen molar-refractivity contribution in [2.45, 2.75) is 25.8 Å². The normalized spacial score (nSPS) is 11.9. The summed E-state index contributed by atoms with van der Waals surface area (Å²) in [4.78, 5) is 25.7. The third-order valence-corrected chi connectivity index (χ3v) is 2.89. The Bertz CT molecular complexity index is 481. The number of amides is 1. The Morgan fingerprint density at radius 3 is 2.89 bits per heavy atom. The summed E-state index contributed by atoms with van der Waals surface area (Å²) >= 11 is 5.63. The molecule has 104 valence electrons. The number of halogens is 1. The maximum Gasteiger partial charge on any atom is 0.319 e. The lowest BCUT2D eigenvalue weighted by Gasteiger charge is -2.15. The Morgan fingerprint density at radius 1 is 1.68 bits per heavy atom. The van der Waals surface area contributed by atoms with Crippen LogP contribution in [0.5, 0.6) is 0 Å². The molecule has 0 bridgehead atoms. The predicted molar refractivity (Wildman–Crippen MR) is 69.1 cm³/mol. The van der Waals surface area contributed by atoms with Gasteiger partial charge in [-0.25, -0.2) is 4.98 Å². The molecule has 0 aromatic carbocycles. The molecule has 0 aliphatic rings. The second-order valence-corrected chi connectivity index (χ2v) is 4.20. The fourth-order valence-corrected chi connectivity index (χ4v) is 1.81. The summed E-state index contributed by atoms with van der Waals surface area (Å²) in [5, 5.41) is 22.0. The molecule has 0 saturated heterocycles. The van der Waals surface area contributed by atoms with Gasteiger partial charge >= 0.3 is 5.69 Å². The average molecular weight is 288 g/mol. The number of nitrogens with one attached hydrogen (secondary N) is 1. The largest absolute Gasteiger partial charge is 0.396 e. The van der Waals surface area contributed by atoms with E-state index < -0.39 is 16.5 Å². The molecule has 1 atom stereocenters. The summed E-state index contributed by atoms with van der Waals surface area (Å²) in [5.74, 6) is -0.601. The van der Waals surface area contributed by atoms with Gasteiger partial charge in [-0.15, -0.1) is 0 Å². The fraction of sp³-hybridized carbons (Fsp3) is 0.455. The number of rotatable bonds is 6. The van der Waals surface area contributed by atoms with E-state index in [2.05, 4.69) is 10.3 Å². The van der Waals surface area contributed by atoms with Crippen molar-refractivity contribution in [1.82, 2.24) is 10.3 Å². The second-order valence-electron chi connectivity index (χ2n) is 3.85. The van der Waals surface area contributed by atoms with Gasteiger partial charge < -0.3 is 10.4 Å². The van der Waals surface area contributed by atoms with Gasteiger partial charge in [-0.2, -0.15) is 0 Å². The van der Waals surface area contributed by atoms with Crippen molar-refractivity contribution in [2.75, 3.05) is 6.61 Å². The number of carbonyl (C=O) groups excluding carboxylic acids is 1. The zero-order chi connectivity index (χ0) is 14.4. The highest BCUT2D eigenvalue weighted by Gasteiger charge is 2.25. The Labute approximate surface area is 114 Å². The Balaban J connectivity index is 3.00. The van der Waals surface area contributed by atoms with Crippen molar-refractivity contribution < 1.29 is 14.8 Å². The molecule has 1 unspecified atom stereocenters. The quantitative estimate of drug-likeness (QED) is 0.469. The monoisotopic (exact) mass is 287 g/mol. The number of nitro groups is 1. The first kappa shape index (κ1) is 15.3. The topological polar surface area (TPSA) is 105 Å². The van der Waals surface area contributed by atoms with Gasteiger partial charge in [0, 0.05) is 18.8 Å². The molecule has 8 heteroatoms. The summed E-state index contributed by atoms with van der Waals surface area (Å²) < 4.78 is 0. The highest BCUT2D eigenvalue weighted by atomic mass is 35.5. The van der Waals surface area contributed by atoms with Crippen LogP contribution < -0.4 is 5.32 Å². The highest BCUT2D eigenvalue weighted by molar-refractivity contribution is 6.32. The number of aliphatic hydroxyl groups excluding tert-OH is 1. The average Bonchev–Trinajstić information content (AvgIpc) is 2.37. The van der Waals surface area contributed by atoms with E-state index in [0.29, 0.717) is 12.8 Å². The van der Waals surface area contributed by atoms with Crippen molar-refractivity contribution in [3.63, 3.8) is 0 Å². The van der Waals surface area contributed by atoms with E-state index in [4.69, 9.17) is 16.7 Å². The lowest BCUT2D eigenvalue weighted by molar-refractivity contribution is -0.385. The molecule has 1 rings (SSSR count). The van der Waals surface area contributed by atoms with Gasteiger partial charge in [-0.1, -0.05) is 18.5 Å². The van der Waals surface area contributed by atoms with Crippen LogP contribution in [0.4, 0.5) is 5.69 Å². The van der Waals surface area contributed by atoms with Gasteiger partial charge in [0.25, 0.3) is 5.91 Å². The second kappa shape index (κ2) is 7.01. The van der Waals surface area contributed by atoms with Gasteiger partial charge in [0.05, 0.1) is 4.92 Å². The summed E-state index contributed by atoms with van der Waals surface area (Å²) in [6.07, 6.45) is 2.23. The zero-order valence-electron chi connectivity index (χ0n) is 10.3. The standard InChI is InChI=1S/C11H14ClN3O4/c1-2-7(4-6-16)14-11(17)8-3-5-13-10(12)9(8)15(18)19/h3,5,7,16H,2,4,6H2,1H3,(H,14,17). The molecule has 0 radical (unpaired) electrons. The smallest absolute Gasteiger partial charge is 0.319 e. The number of nitrogens with zero attached hydrogens (tertiary/aromatic N) is 2. The molecule has 19 heavy (non-hydrogen) atoms. The van der Waals surface area contributed by atoms with E-state index >= 15 is 0 Å². The van der Waals surface area contributed by atoms with Gasteiger partial charge in [0.15, 0.2) is 0 Å². The molecular weight excluding hydrogens is 274 g/mol. The van der Waals surface area contributed by atoms with Gasteiger partial charge in [-0.05, 0) is 18.9 Å². The Kier molecular flexibility index (Phi) is 5.65. The first-order chi connectivity index (χ1) is 9.01. The molecule has 1 heterocycles. The molecule has 1 aromatic rings. The fourth-order valence-electron chi connectivity index (χ4n) is 1.58. The van der Waals surface area contributed by atoms with Crippen molar-refractivity contribution in [3.8, 4) is 0 Å². The van der Waals surface area contributed by atoms with Crippen molar-refractivity contribution in [2.24, 2.45) is 0 Å². The van der Waals surface area contributed by atoms with Crippen LogP contribution in [0.25, 0.3) is 0 Å². The lowest BCUT2D eigenvalue weighted by atomic mass is 10.1. The van der Waals surface area contributed by atoms with Gasteiger partial charge in [0.1, 0.15) is 5.56 Å². The maximum atomic E-state index is 12.0. The first-order valence-electron chi connectivity index (χ1n) is 5.71. The molecule has 0 spiro atoms. The van der Waals surface area contributed by atoms with E-state index in [0.717, 1.165) is 0 Å². The van der Waals surface area contributed by atoms with Crippen molar-refractivity contribution in [1.29, 1.82) is 0 Å². The summed E-state index contributed by atoms with van der Waals surface area (Å²) in [6, 6.07) is 0.995. The number of hydrogen-bond acceptors (Lipinski definition) is 5. The molecule has 1 amide bonds. The van der Waals surface area contributed by atoms with E-state index in [1.165, 1.54) is 12.3 Å². The van der Waals surface area contributed by atoms with Crippen molar-refractivity contribution >= 4 is 23.2 Å². The molecule has 0 saturated carbocycles. The molecule has 0 aliphatic heterocycles. The first-order valence-corrected chi connectivity index (χ1v) is 6.09. The summed E-state index contributed by atoms with van der Waals surface area (Å²) in [7, 11) is 0. The number of hydrogen-bond donors (Lipinski definition) is 2. The number of aliphatic hydroxyl groups is 1. The van der Waals surface area contributed by atoms with Crippen LogP contribution in [-0.2, 0) is 0 Å². The zero-order valence-corrected chi connectivity index (χ0v) is 11.1.